The Morgan fingerprint density at radius 2 is 1.72 bits per heavy atom. The van der Waals surface area contributed by atoms with Crippen molar-refractivity contribution in [1.82, 2.24) is 9.78 Å². The Hall–Kier alpha value is -2.59. The van der Waals surface area contributed by atoms with E-state index in [1.165, 1.54) is 0 Å². The Balaban J connectivity index is 1.87. The fourth-order valence-electron chi connectivity index (χ4n) is 2.82. The predicted octanol–water partition coefficient (Wildman–Crippen LogP) is 4.71. The van der Waals surface area contributed by atoms with E-state index in [2.05, 4.69) is 5.10 Å². The van der Waals surface area contributed by atoms with Gasteiger partial charge in [0.05, 0.1) is 11.3 Å². The van der Waals surface area contributed by atoms with Gasteiger partial charge in [0, 0.05) is 12.6 Å². The second-order valence-corrected chi connectivity index (χ2v) is 6.27. The predicted molar refractivity (Wildman–Crippen MR) is 98.7 cm³/mol. The third-order valence-electron chi connectivity index (χ3n) is 4.20. The van der Waals surface area contributed by atoms with Gasteiger partial charge >= 0.3 is 5.97 Å². The Labute approximate surface area is 152 Å². The molecule has 0 bridgehead atoms. The monoisotopic (exact) mass is 354 g/mol. The average molecular weight is 355 g/mol. The van der Waals surface area contributed by atoms with Gasteiger partial charge in [0.15, 0.2) is 0 Å². The molecule has 2 aromatic carbocycles. The lowest BCUT2D eigenvalue weighted by Crippen LogP contribution is -2.07. The number of hydrogen-bond donors (Lipinski definition) is 0. The topological polar surface area (TPSA) is 44.1 Å². The van der Waals surface area contributed by atoms with E-state index in [0.29, 0.717) is 10.7 Å². The van der Waals surface area contributed by atoms with Crippen LogP contribution in [0.4, 0.5) is 0 Å². The zero-order valence-corrected chi connectivity index (χ0v) is 15.2. The maximum atomic E-state index is 12.7. The van der Waals surface area contributed by atoms with Crippen LogP contribution in [0, 0.1) is 13.8 Å². The lowest BCUT2D eigenvalue weighted by Gasteiger charge is -2.12. The van der Waals surface area contributed by atoms with Crippen LogP contribution in [0.1, 0.15) is 27.2 Å². The van der Waals surface area contributed by atoms with Gasteiger partial charge in [0.1, 0.15) is 11.8 Å². The van der Waals surface area contributed by atoms with E-state index in [9.17, 15) is 4.79 Å². The molecule has 0 N–H and O–H groups in total. The number of esters is 1. The summed E-state index contributed by atoms with van der Waals surface area (Å²) in [4.78, 5) is 12.7. The largest absolute Gasteiger partial charge is 0.457 e. The van der Waals surface area contributed by atoms with Gasteiger partial charge in [0.2, 0.25) is 0 Å². The lowest BCUT2D eigenvalue weighted by atomic mass is 9.96. The lowest BCUT2D eigenvalue weighted by molar-refractivity contribution is 0.0473. The van der Waals surface area contributed by atoms with Crippen molar-refractivity contribution in [3.63, 3.8) is 0 Å². The van der Waals surface area contributed by atoms with E-state index in [0.717, 1.165) is 27.9 Å². The number of carbonyl (C=O) groups excluding carboxylic acids is 1. The minimum atomic E-state index is -0.377. The number of carbonyl (C=O) groups is 1. The van der Waals surface area contributed by atoms with Crippen LogP contribution in [0.25, 0.3) is 11.1 Å². The molecule has 25 heavy (non-hydrogen) atoms. The van der Waals surface area contributed by atoms with E-state index in [-0.39, 0.29) is 12.6 Å². The fraction of sp³-hybridized carbons (Fsp3) is 0.200. The van der Waals surface area contributed by atoms with Crippen molar-refractivity contribution in [2.75, 3.05) is 0 Å². The van der Waals surface area contributed by atoms with E-state index in [4.69, 9.17) is 16.3 Å². The highest BCUT2D eigenvalue weighted by atomic mass is 35.5. The van der Waals surface area contributed by atoms with Gasteiger partial charge < -0.3 is 4.74 Å². The Bertz CT molecular complexity index is 931. The summed E-state index contributed by atoms with van der Waals surface area (Å²) in [6.07, 6.45) is 0. The molecule has 0 aliphatic heterocycles. The van der Waals surface area contributed by atoms with Gasteiger partial charge in [-0.1, -0.05) is 54.1 Å². The van der Waals surface area contributed by atoms with Gasteiger partial charge in [-0.25, -0.2) is 4.79 Å². The van der Waals surface area contributed by atoms with Crippen molar-refractivity contribution in [3.8, 4) is 11.1 Å². The van der Waals surface area contributed by atoms with Crippen LogP contribution in [0.3, 0.4) is 0 Å². The highest BCUT2D eigenvalue weighted by Gasteiger charge is 2.17. The van der Waals surface area contributed by atoms with Crippen LogP contribution in [0.2, 0.25) is 5.15 Å². The molecule has 0 atom stereocenters. The second kappa shape index (κ2) is 7.11. The molecule has 0 radical (unpaired) electrons. The minimum absolute atomic E-state index is 0.0967. The van der Waals surface area contributed by atoms with Gasteiger partial charge in [-0.05, 0) is 36.6 Å². The van der Waals surface area contributed by atoms with Gasteiger partial charge in [-0.3, -0.25) is 4.68 Å². The van der Waals surface area contributed by atoms with Gasteiger partial charge in [0.25, 0.3) is 0 Å². The minimum Gasteiger partial charge on any atom is -0.457 e. The van der Waals surface area contributed by atoms with E-state index in [1.54, 1.807) is 17.8 Å². The first-order valence-electron chi connectivity index (χ1n) is 7.99. The number of aryl methyl sites for hydroxylation is 3. The van der Waals surface area contributed by atoms with Crippen LogP contribution in [0.5, 0.6) is 0 Å². The molecule has 0 amide bonds. The zero-order valence-electron chi connectivity index (χ0n) is 14.4. The molecule has 0 unspecified atom stereocenters. The third kappa shape index (κ3) is 3.44. The molecule has 0 aliphatic carbocycles. The van der Waals surface area contributed by atoms with Crippen molar-refractivity contribution in [1.29, 1.82) is 0 Å². The maximum Gasteiger partial charge on any atom is 0.339 e. The normalized spacial score (nSPS) is 10.7. The van der Waals surface area contributed by atoms with E-state index in [1.807, 2.05) is 56.3 Å². The van der Waals surface area contributed by atoms with Crippen molar-refractivity contribution < 1.29 is 9.53 Å². The van der Waals surface area contributed by atoms with E-state index < -0.39 is 0 Å². The summed E-state index contributed by atoms with van der Waals surface area (Å²) in [6.45, 7) is 3.96. The number of hydrogen-bond acceptors (Lipinski definition) is 3. The molecule has 0 fully saturated rings. The van der Waals surface area contributed by atoms with Crippen molar-refractivity contribution in [2.45, 2.75) is 20.5 Å². The molecular weight excluding hydrogens is 336 g/mol. The summed E-state index contributed by atoms with van der Waals surface area (Å²) in [7, 11) is 1.76. The third-order valence-corrected chi connectivity index (χ3v) is 4.67. The maximum absolute atomic E-state index is 12.7. The van der Waals surface area contributed by atoms with Crippen LogP contribution in [-0.2, 0) is 18.4 Å². The van der Waals surface area contributed by atoms with Crippen molar-refractivity contribution in [3.05, 3.63) is 76.1 Å². The molecule has 0 spiro atoms. The summed E-state index contributed by atoms with van der Waals surface area (Å²) < 4.78 is 7.09. The average Bonchev–Trinajstić information content (AvgIpc) is 2.85. The van der Waals surface area contributed by atoms with Crippen LogP contribution in [0.15, 0.2) is 48.5 Å². The Morgan fingerprint density at radius 3 is 2.36 bits per heavy atom. The molecule has 1 heterocycles. The summed E-state index contributed by atoms with van der Waals surface area (Å²) in [5, 5.41) is 4.72. The summed E-state index contributed by atoms with van der Waals surface area (Å²) in [6, 6.07) is 15.4. The molecule has 5 heteroatoms. The molecule has 128 valence electrons. The summed E-state index contributed by atoms with van der Waals surface area (Å²) in [5.74, 6) is -0.377. The number of rotatable bonds is 4. The molecule has 0 saturated heterocycles. The fourth-order valence-corrected chi connectivity index (χ4v) is 3.05. The molecule has 3 aromatic rings. The van der Waals surface area contributed by atoms with Gasteiger partial charge in [-0.2, -0.15) is 5.10 Å². The molecule has 0 aliphatic rings. The molecule has 0 saturated carbocycles. The quantitative estimate of drug-likeness (QED) is 0.637. The number of benzene rings is 2. The second-order valence-electron chi connectivity index (χ2n) is 5.92. The number of nitrogens with zero attached hydrogens (tertiary/aromatic N) is 2. The highest BCUT2D eigenvalue weighted by molar-refractivity contribution is 6.30. The molecule has 4 nitrogen and oxygen atoms in total. The summed E-state index contributed by atoms with van der Waals surface area (Å²) >= 11 is 6.20. The molecular formula is C20H19ClN2O2. The van der Waals surface area contributed by atoms with Gasteiger partial charge in [-0.15, -0.1) is 0 Å². The highest BCUT2D eigenvalue weighted by Crippen LogP contribution is 2.28. The number of halogens is 1. The number of aromatic nitrogens is 2. The SMILES string of the molecule is Cc1ccccc1-c1ccccc1C(=O)OCc1c(C)nn(C)c1Cl. The van der Waals surface area contributed by atoms with Crippen LogP contribution >= 0.6 is 11.6 Å². The van der Waals surface area contributed by atoms with Crippen LogP contribution in [-0.4, -0.2) is 15.7 Å². The summed E-state index contributed by atoms with van der Waals surface area (Å²) in [5.41, 5.74) is 5.01. The Kier molecular flexibility index (Phi) is 4.91. The Morgan fingerprint density at radius 1 is 1.08 bits per heavy atom. The first kappa shape index (κ1) is 17.2. The smallest absolute Gasteiger partial charge is 0.339 e. The van der Waals surface area contributed by atoms with Crippen LogP contribution < -0.4 is 0 Å². The standard InChI is InChI=1S/C20H19ClN2O2/c1-13-8-4-5-9-15(13)16-10-6-7-11-17(16)20(24)25-12-18-14(2)22-23(3)19(18)21/h4-11H,12H2,1-3H3. The first-order chi connectivity index (χ1) is 12.0. The molecule has 3 rings (SSSR count). The van der Waals surface area contributed by atoms with Crippen molar-refractivity contribution >= 4 is 17.6 Å². The zero-order chi connectivity index (χ0) is 18.0. The van der Waals surface area contributed by atoms with E-state index >= 15 is 0 Å². The van der Waals surface area contributed by atoms with Crippen molar-refractivity contribution in [2.24, 2.45) is 7.05 Å². The first-order valence-corrected chi connectivity index (χ1v) is 8.37. The number of ether oxygens (including phenoxy) is 1. The molecule has 1 aromatic heterocycles.